The van der Waals surface area contributed by atoms with Crippen molar-refractivity contribution in [3.8, 4) is 11.4 Å². The van der Waals surface area contributed by atoms with Crippen LogP contribution >= 0.6 is 0 Å². The highest BCUT2D eigenvalue weighted by molar-refractivity contribution is 5.92. The number of morpholine rings is 1. The van der Waals surface area contributed by atoms with Gasteiger partial charge >= 0.3 is 0 Å². The van der Waals surface area contributed by atoms with Crippen LogP contribution in [0.15, 0.2) is 53.6 Å². The molecule has 2 aromatic heterocycles. The first-order valence-corrected chi connectivity index (χ1v) is 10.4. The maximum absolute atomic E-state index is 12.8. The summed E-state index contributed by atoms with van der Waals surface area (Å²) in [6, 6.07) is 11.8. The number of nitrogens with zero attached hydrogens (tertiary/aromatic N) is 3. The van der Waals surface area contributed by atoms with Crippen LogP contribution in [0.1, 0.15) is 21.6 Å². The largest absolute Gasteiger partial charge is 0.374 e. The van der Waals surface area contributed by atoms with Crippen molar-refractivity contribution >= 4 is 5.91 Å². The van der Waals surface area contributed by atoms with Crippen LogP contribution in [0.4, 0.5) is 0 Å². The predicted molar refractivity (Wildman–Crippen MR) is 118 cm³/mol. The third-order valence-corrected chi connectivity index (χ3v) is 5.32. The maximum atomic E-state index is 12.8. The molecule has 1 fully saturated rings. The number of benzene rings is 1. The average Bonchev–Trinajstić information content (AvgIpc) is 3.20. The molecule has 1 amide bonds. The molecule has 8 heteroatoms. The summed E-state index contributed by atoms with van der Waals surface area (Å²) in [6.45, 7) is 4.95. The van der Waals surface area contributed by atoms with Crippen LogP contribution in [0.3, 0.4) is 0 Å². The number of imidazole rings is 1. The van der Waals surface area contributed by atoms with E-state index in [1.54, 1.807) is 30.9 Å². The van der Waals surface area contributed by atoms with Crippen LogP contribution < -0.4 is 16.2 Å². The van der Waals surface area contributed by atoms with Gasteiger partial charge in [0, 0.05) is 56.7 Å². The Morgan fingerprint density at radius 2 is 2.10 bits per heavy atom. The van der Waals surface area contributed by atoms with E-state index in [0.717, 1.165) is 17.7 Å². The summed E-state index contributed by atoms with van der Waals surface area (Å²) in [5.74, 6) is 0.395. The Bertz CT molecular complexity index is 1090. The maximum Gasteiger partial charge on any atom is 0.271 e. The molecule has 1 atom stereocenters. The Hall–Kier alpha value is -3.23. The number of nitrogens with one attached hydrogen (secondary N) is 2. The van der Waals surface area contributed by atoms with Crippen molar-refractivity contribution < 1.29 is 9.53 Å². The highest BCUT2D eigenvalue weighted by Gasteiger charge is 2.19. The zero-order valence-electron chi connectivity index (χ0n) is 17.8. The van der Waals surface area contributed by atoms with Crippen LogP contribution in [0.25, 0.3) is 11.4 Å². The number of pyridine rings is 1. The number of carbonyl (C=O) groups excluding carboxylic acids is 1. The van der Waals surface area contributed by atoms with Gasteiger partial charge in [-0.05, 0) is 18.6 Å². The van der Waals surface area contributed by atoms with E-state index in [0.29, 0.717) is 43.3 Å². The number of ether oxygens (including phenoxy) is 1. The molecule has 0 bridgehead atoms. The fourth-order valence-electron chi connectivity index (χ4n) is 3.70. The second-order valence-corrected chi connectivity index (χ2v) is 7.80. The summed E-state index contributed by atoms with van der Waals surface area (Å²) in [4.78, 5) is 29.6. The van der Waals surface area contributed by atoms with Gasteiger partial charge in [-0.1, -0.05) is 30.3 Å². The van der Waals surface area contributed by atoms with E-state index in [2.05, 4.69) is 15.6 Å². The number of aryl methyl sites for hydroxylation is 2. The molecule has 3 aromatic rings. The minimum atomic E-state index is -0.247. The summed E-state index contributed by atoms with van der Waals surface area (Å²) >= 11 is 0. The molecule has 4 rings (SSSR count). The monoisotopic (exact) mass is 421 g/mol. The topological polar surface area (TPSA) is 90.2 Å². The van der Waals surface area contributed by atoms with Crippen molar-refractivity contribution in [1.29, 1.82) is 0 Å². The second kappa shape index (κ2) is 9.28. The Kier molecular flexibility index (Phi) is 6.29. The zero-order chi connectivity index (χ0) is 21.8. The first kappa shape index (κ1) is 21.0. The Morgan fingerprint density at radius 1 is 1.29 bits per heavy atom. The Morgan fingerprint density at radius 3 is 2.81 bits per heavy atom. The van der Waals surface area contributed by atoms with Crippen molar-refractivity contribution in [3.63, 3.8) is 0 Å². The van der Waals surface area contributed by atoms with Gasteiger partial charge in [-0.3, -0.25) is 9.59 Å². The summed E-state index contributed by atoms with van der Waals surface area (Å²) in [6.07, 6.45) is 3.47. The number of aromatic nitrogens is 3. The molecule has 0 saturated carbocycles. The predicted octanol–water partition coefficient (Wildman–Crippen LogP) is 1.32. The average molecular weight is 422 g/mol. The van der Waals surface area contributed by atoms with Crippen LogP contribution in [0.5, 0.6) is 0 Å². The number of hydrogen-bond donors (Lipinski definition) is 2. The highest BCUT2D eigenvalue weighted by atomic mass is 16.5. The molecule has 1 saturated heterocycles. The highest BCUT2D eigenvalue weighted by Crippen LogP contribution is 2.20. The van der Waals surface area contributed by atoms with Crippen molar-refractivity contribution in [1.82, 2.24) is 24.8 Å². The lowest BCUT2D eigenvalue weighted by atomic mass is 10.2. The lowest BCUT2D eigenvalue weighted by molar-refractivity contribution is 0.0287. The van der Waals surface area contributed by atoms with Crippen LogP contribution in [-0.2, 0) is 18.3 Å². The van der Waals surface area contributed by atoms with E-state index in [1.165, 1.54) is 0 Å². The van der Waals surface area contributed by atoms with Crippen LogP contribution in [0, 0.1) is 6.92 Å². The van der Waals surface area contributed by atoms with Crippen molar-refractivity contribution in [2.24, 2.45) is 7.05 Å². The first-order chi connectivity index (χ1) is 15.0. The number of rotatable bonds is 6. The summed E-state index contributed by atoms with van der Waals surface area (Å²) < 4.78 is 9.13. The van der Waals surface area contributed by atoms with Crippen LogP contribution in [-0.4, -0.2) is 52.4 Å². The minimum absolute atomic E-state index is 0.0464. The number of amides is 1. The van der Waals surface area contributed by atoms with Gasteiger partial charge in [-0.2, -0.15) is 0 Å². The van der Waals surface area contributed by atoms with Gasteiger partial charge in [0.1, 0.15) is 11.5 Å². The molecule has 162 valence electrons. The standard InChI is InChI=1S/C23H27N5O3/c1-16-10-18(14-27(2)23(16)30)21-26-20(15-28(21)13-17-6-4-3-5-7-17)22(29)25-12-19-11-24-8-9-31-19/h3-7,10,14-15,19,24H,8-9,11-13H2,1-2H3,(H,25,29). The van der Waals surface area contributed by atoms with Crippen molar-refractivity contribution in [2.75, 3.05) is 26.2 Å². The van der Waals surface area contributed by atoms with E-state index in [9.17, 15) is 9.59 Å². The van der Waals surface area contributed by atoms with Crippen LogP contribution in [0.2, 0.25) is 0 Å². The van der Waals surface area contributed by atoms with Crippen molar-refractivity contribution in [2.45, 2.75) is 19.6 Å². The molecular weight excluding hydrogens is 394 g/mol. The Labute approximate surface area is 180 Å². The number of carbonyl (C=O) groups is 1. The molecule has 8 nitrogen and oxygen atoms in total. The fraction of sp³-hybridized carbons (Fsp3) is 0.348. The van der Waals surface area contributed by atoms with Gasteiger partial charge < -0.3 is 24.5 Å². The molecule has 1 aromatic carbocycles. The van der Waals surface area contributed by atoms with Gasteiger partial charge in [-0.25, -0.2) is 4.98 Å². The molecular formula is C23H27N5O3. The normalized spacial score (nSPS) is 16.3. The van der Waals surface area contributed by atoms with Crippen molar-refractivity contribution in [3.05, 3.63) is 76.0 Å². The van der Waals surface area contributed by atoms with E-state index in [4.69, 9.17) is 4.74 Å². The first-order valence-electron chi connectivity index (χ1n) is 10.4. The minimum Gasteiger partial charge on any atom is -0.374 e. The van der Waals surface area contributed by atoms with E-state index < -0.39 is 0 Å². The molecule has 2 N–H and O–H groups in total. The van der Waals surface area contributed by atoms with Gasteiger partial charge in [-0.15, -0.1) is 0 Å². The Balaban J connectivity index is 1.63. The molecule has 31 heavy (non-hydrogen) atoms. The quantitative estimate of drug-likeness (QED) is 0.627. The molecule has 0 radical (unpaired) electrons. The lowest BCUT2D eigenvalue weighted by Gasteiger charge is -2.23. The summed E-state index contributed by atoms with van der Waals surface area (Å²) in [7, 11) is 1.72. The van der Waals surface area contributed by atoms with E-state index in [-0.39, 0.29) is 17.6 Å². The lowest BCUT2D eigenvalue weighted by Crippen LogP contribution is -2.45. The molecule has 3 heterocycles. The number of hydrogen-bond acceptors (Lipinski definition) is 5. The van der Waals surface area contributed by atoms with Gasteiger partial charge in [0.25, 0.3) is 11.5 Å². The summed E-state index contributed by atoms with van der Waals surface area (Å²) in [5.41, 5.74) is 2.79. The van der Waals surface area contributed by atoms with Gasteiger partial charge in [0.05, 0.1) is 12.7 Å². The third kappa shape index (κ3) is 4.92. The van der Waals surface area contributed by atoms with E-state index in [1.807, 2.05) is 41.0 Å². The molecule has 1 unspecified atom stereocenters. The molecule has 0 spiro atoms. The fourth-order valence-corrected chi connectivity index (χ4v) is 3.70. The summed E-state index contributed by atoms with van der Waals surface area (Å²) in [5, 5.41) is 6.17. The molecule has 1 aliphatic heterocycles. The SMILES string of the molecule is Cc1cc(-c2nc(C(=O)NCC3CNCCO3)cn2Cc2ccccc2)cn(C)c1=O. The van der Waals surface area contributed by atoms with E-state index >= 15 is 0 Å². The second-order valence-electron chi connectivity index (χ2n) is 7.80. The smallest absolute Gasteiger partial charge is 0.271 e. The van der Waals surface area contributed by atoms with Gasteiger partial charge in [0.2, 0.25) is 0 Å². The third-order valence-electron chi connectivity index (χ3n) is 5.32. The molecule has 0 aliphatic carbocycles. The van der Waals surface area contributed by atoms with Gasteiger partial charge in [0.15, 0.2) is 0 Å². The zero-order valence-corrected chi connectivity index (χ0v) is 17.8. The molecule has 1 aliphatic rings.